The SMILES string of the molecule is COc1cccc(OCCNC(=O)[C@@H]2COc3ccccc3O2)c1. The quantitative estimate of drug-likeness (QED) is 0.822. The maximum atomic E-state index is 12.1. The average Bonchev–Trinajstić information content (AvgIpc) is 2.64. The van der Waals surface area contributed by atoms with Gasteiger partial charge >= 0.3 is 0 Å². The lowest BCUT2D eigenvalue weighted by Gasteiger charge is -2.25. The highest BCUT2D eigenvalue weighted by molar-refractivity contribution is 5.81. The lowest BCUT2D eigenvalue weighted by Crippen LogP contribution is -2.45. The number of benzene rings is 2. The highest BCUT2D eigenvalue weighted by Gasteiger charge is 2.26. The van der Waals surface area contributed by atoms with Gasteiger partial charge in [0.25, 0.3) is 5.91 Å². The Morgan fingerprint density at radius 3 is 2.79 bits per heavy atom. The van der Waals surface area contributed by atoms with Crippen molar-refractivity contribution in [2.75, 3.05) is 26.9 Å². The molecule has 1 N–H and O–H groups in total. The molecule has 0 aliphatic carbocycles. The van der Waals surface area contributed by atoms with E-state index in [0.717, 1.165) is 5.75 Å². The van der Waals surface area contributed by atoms with E-state index in [4.69, 9.17) is 18.9 Å². The van der Waals surface area contributed by atoms with Crippen LogP contribution >= 0.6 is 0 Å². The fourth-order valence-corrected chi connectivity index (χ4v) is 2.30. The van der Waals surface area contributed by atoms with Gasteiger partial charge in [-0.1, -0.05) is 18.2 Å². The largest absolute Gasteiger partial charge is 0.497 e. The van der Waals surface area contributed by atoms with E-state index in [1.807, 2.05) is 36.4 Å². The maximum absolute atomic E-state index is 12.1. The van der Waals surface area contributed by atoms with Crippen molar-refractivity contribution in [1.82, 2.24) is 5.32 Å². The molecule has 1 aliphatic rings. The summed E-state index contributed by atoms with van der Waals surface area (Å²) in [4.78, 5) is 12.1. The molecule has 0 bridgehead atoms. The number of methoxy groups -OCH3 is 1. The molecular weight excluding hydrogens is 310 g/mol. The van der Waals surface area contributed by atoms with Gasteiger partial charge in [0.15, 0.2) is 11.5 Å². The first-order valence-corrected chi connectivity index (χ1v) is 7.69. The highest BCUT2D eigenvalue weighted by atomic mass is 16.6. The Morgan fingerprint density at radius 1 is 1.17 bits per heavy atom. The number of amides is 1. The van der Waals surface area contributed by atoms with Crippen LogP contribution in [0.5, 0.6) is 23.0 Å². The van der Waals surface area contributed by atoms with Crippen LogP contribution in [-0.4, -0.2) is 38.9 Å². The zero-order chi connectivity index (χ0) is 16.8. The van der Waals surface area contributed by atoms with Crippen LogP contribution in [-0.2, 0) is 4.79 Å². The molecule has 6 heteroatoms. The topological polar surface area (TPSA) is 66.0 Å². The van der Waals surface area contributed by atoms with Crippen molar-refractivity contribution in [3.05, 3.63) is 48.5 Å². The molecule has 0 saturated heterocycles. The molecule has 0 radical (unpaired) electrons. The molecule has 24 heavy (non-hydrogen) atoms. The molecule has 0 spiro atoms. The first-order valence-electron chi connectivity index (χ1n) is 7.69. The normalized spacial score (nSPS) is 15.5. The zero-order valence-electron chi connectivity index (χ0n) is 13.4. The van der Waals surface area contributed by atoms with Crippen LogP contribution in [0.15, 0.2) is 48.5 Å². The van der Waals surface area contributed by atoms with Gasteiger partial charge < -0.3 is 24.3 Å². The summed E-state index contributed by atoms with van der Waals surface area (Å²) in [6.45, 7) is 0.917. The summed E-state index contributed by atoms with van der Waals surface area (Å²) >= 11 is 0. The van der Waals surface area contributed by atoms with Gasteiger partial charge in [0, 0.05) is 6.07 Å². The van der Waals surface area contributed by atoms with Crippen LogP contribution in [0.2, 0.25) is 0 Å². The van der Waals surface area contributed by atoms with Gasteiger partial charge in [-0.05, 0) is 24.3 Å². The third kappa shape index (κ3) is 3.90. The lowest BCUT2D eigenvalue weighted by molar-refractivity contribution is -0.130. The minimum atomic E-state index is -0.656. The van der Waals surface area contributed by atoms with Crippen molar-refractivity contribution in [3.8, 4) is 23.0 Å². The van der Waals surface area contributed by atoms with Crippen LogP contribution in [0.4, 0.5) is 0 Å². The molecule has 0 unspecified atom stereocenters. The summed E-state index contributed by atoms with van der Waals surface area (Å²) in [5.74, 6) is 2.43. The molecule has 2 aromatic carbocycles. The number of hydrogen-bond donors (Lipinski definition) is 1. The smallest absolute Gasteiger partial charge is 0.264 e. The molecule has 6 nitrogen and oxygen atoms in total. The Bertz CT molecular complexity index is 703. The van der Waals surface area contributed by atoms with Crippen molar-refractivity contribution in [1.29, 1.82) is 0 Å². The Kier molecular flexibility index (Phi) is 5.05. The van der Waals surface area contributed by atoms with E-state index in [0.29, 0.717) is 30.4 Å². The molecule has 0 saturated carbocycles. The second-order valence-electron chi connectivity index (χ2n) is 5.18. The third-order valence-corrected chi connectivity index (χ3v) is 3.51. The van der Waals surface area contributed by atoms with Gasteiger partial charge in [-0.15, -0.1) is 0 Å². The highest BCUT2D eigenvalue weighted by Crippen LogP contribution is 2.30. The molecule has 0 fully saturated rings. The van der Waals surface area contributed by atoms with Crippen molar-refractivity contribution in [2.45, 2.75) is 6.10 Å². The summed E-state index contributed by atoms with van der Waals surface area (Å²) in [5, 5.41) is 2.78. The van der Waals surface area contributed by atoms with Crippen molar-refractivity contribution < 1.29 is 23.7 Å². The molecule has 1 atom stereocenters. The van der Waals surface area contributed by atoms with Gasteiger partial charge in [-0.2, -0.15) is 0 Å². The number of hydrogen-bond acceptors (Lipinski definition) is 5. The Balaban J connectivity index is 1.43. The minimum Gasteiger partial charge on any atom is -0.497 e. The summed E-state index contributed by atoms with van der Waals surface area (Å²) in [6.07, 6.45) is -0.656. The lowest BCUT2D eigenvalue weighted by atomic mass is 10.2. The van der Waals surface area contributed by atoms with Crippen LogP contribution in [0, 0.1) is 0 Å². The Labute approximate surface area is 140 Å². The first-order chi connectivity index (χ1) is 11.8. The maximum Gasteiger partial charge on any atom is 0.264 e. The third-order valence-electron chi connectivity index (χ3n) is 3.51. The molecule has 1 aliphatic heterocycles. The van der Waals surface area contributed by atoms with Gasteiger partial charge in [-0.25, -0.2) is 0 Å². The van der Waals surface area contributed by atoms with E-state index < -0.39 is 6.10 Å². The number of fused-ring (bicyclic) bond motifs is 1. The summed E-state index contributed by atoms with van der Waals surface area (Å²) in [7, 11) is 1.60. The predicted octanol–water partition coefficient (Wildman–Crippen LogP) is 2.03. The Morgan fingerprint density at radius 2 is 1.96 bits per heavy atom. The number of nitrogens with one attached hydrogen (secondary N) is 1. The van der Waals surface area contributed by atoms with Crippen LogP contribution in [0.25, 0.3) is 0 Å². The van der Waals surface area contributed by atoms with Crippen molar-refractivity contribution in [3.63, 3.8) is 0 Å². The monoisotopic (exact) mass is 329 g/mol. The van der Waals surface area contributed by atoms with E-state index in [1.165, 1.54) is 0 Å². The van der Waals surface area contributed by atoms with E-state index >= 15 is 0 Å². The number of carbonyl (C=O) groups is 1. The molecule has 2 aromatic rings. The van der Waals surface area contributed by atoms with Gasteiger partial charge in [0.2, 0.25) is 6.10 Å². The van der Waals surface area contributed by atoms with E-state index in [-0.39, 0.29) is 12.5 Å². The number of carbonyl (C=O) groups excluding carboxylic acids is 1. The fraction of sp³-hybridized carbons (Fsp3) is 0.278. The fourth-order valence-electron chi connectivity index (χ4n) is 2.30. The molecular formula is C18H19NO5. The minimum absolute atomic E-state index is 0.194. The summed E-state index contributed by atoms with van der Waals surface area (Å²) < 4.78 is 21.9. The molecule has 126 valence electrons. The van der Waals surface area contributed by atoms with Crippen LogP contribution < -0.4 is 24.3 Å². The average molecular weight is 329 g/mol. The van der Waals surface area contributed by atoms with Crippen molar-refractivity contribution in [2.24, 2.45) is 0 Å². The van der Waals surface area contributed by atoms with Gasteiger partial charge in [-0.3, -0.25) is 4.79 Å². The van der Waals surface area contributed by atoms with E-state index in [1.54, 1.807) is 19.2 Å². The standard InChI is InChI=1S/C18H19NO5/c1-21-13-5-4-6-14(11-13)22-10-9-19-18(20)17-12-23-15-7-2-3-8-16(15)24-17/h2-8,11,17H,9-10,12H2,1H3,(H,19,20)/t17-/m0/s1. The molecule has 0 aromatic heterocycles. The second kappa shape index (κ2) is 7.59. The number of para-hydroxylation sites is 2. The molecule has 1 heterocycles. The van der Waals surface area contributed by atoms with E-state index in [2.05, 4.69) is 5.32 Å². The summed E-state index contributed by atoms with van der Waals surface area (Å²) in [5.41, 5.74) is 0. The molecule has 3 rings (SSSR count). The van der Waals surface area contributed by atoms with Crippen LogP contribution in [0.3, 0.4) is 0 Å². The first kappa shape index (κ1) is 16.0. The second-order valence-corrected chi connectivity index (χ2v) is 5.18. The number of rotatable bonds is 6. The number of ether oxygens (including phenoxy) is 4. The molecule has 1 amide bonds. The van der Waals surface area contributed by atoms with Gasteiger partial charge in [0.05, 0.1) is 13.7 Å². The van der Waals surface area contributed by atoms with Crippen LogP contribution in [0.1, 0.15) is 0 Å². The predicted molar refractivity (Wildman–Crippen MR) is 87.9 cm³/mol. The van der Waals surface area contributed by atoms with Crippen molar-refractivity contribution >= 4 is 5.91 Å². The van der Waals surface area contributed by atoms with E-state index in [9.17, 15) is 4.79 Å². The zero-order valence-corrected chi connectivity index (χ0v) is 13.4. The van der Waals surface area contributed by atoms with Gasteiger partial charge in [0.1, 0.15) is 24.7 Å². The Hall–Kier alpha value is -2.89. The summed E-state index contributed by atoms with van der Waals surface area (Å²) in [6, 6.07) is 14.6.